The maximum absolute atomic E-state index is 9.88. The summed E-state index contributed by atoms with van der Waals surface area (Å²) in [6.45, 7) is 9.50. The summed E-state index contributed by atoms with van der Waals surface area (Å²) < 4.78 is 26.9. The molecule has 0 N–H and O–H groups in total. The molecule has 5 aromatic rings. The van der Waals surface area contributed by atoms with Crippen molar-refractivity contribution >= 4 is 41.9 Å². The molecule has 0 heterocycles. The molecule has 1 nitrogen and oxygen atoms in total. The van der Waals surface area contributed by atoms with Crippen molar-refractivity contribution in [3.63, 3.8) is 0 Å². The van der Waals surface area contributed by atoms with Gasteiger partial charge in [-0.05, 0) is 71.6 Å². The minimum Gasteiger partial charge on any atom is -0.404 e. The molecule has 0 aromatic heterocycles. The Morgan fingerprint density at radius 1 is 0.636 bits per heavy atom. The van der Waals surface area contributed by atoms with Gasteiger partial charge in [0.15, 0.2) is 0 Å². The molecule has 224 valence electrons. The third-order valence-corrected chi connectivity index (χ3v) is 17.4. The lowest BCUT2D eigenvalue weighted by molar-refractivity contribution is 0.338. The van der Waals surface area contributed by atoms with Crippen molar-refractivity contribution < 1.29 is 7.17 Å². The zero-order chi connectivity index (χ0) is 32.7. The van der Waals surface area contributed by atoms with E-state index in [1.807, 2.05) is 54.6 Å². The summed E-state index contributed by atoms with van der Waals surface area (Å²) in [7, 11) is -5.34. The summed E-state index contributed by atoms with van der Waals surface area (Å²) >= 11 is 0. The van der Waals surface area contributed by atoms with Gasteiger partial charge in [-0.15, -0.1) is 0 Å². The van der Waals surface area contributed by atoms with E-state index >= 15 is 0 Å². The Kier molecular flexibility index (Phi) is 9.60. The zero-order valence-electron chi connectivity index (χ0n) is 28.5. The van der Waals surface area contributed by atoms with Gasteiger partial charge < -0.3 is 4.43 Å². The van der Waals surface area contributed by atoms with Crippen LogP contribution in [0.4, 0.5) is 0 Å². The summed E-state index contributed by atoms with van der Waals surface area (Å²) in [6.07, 6.45) is 1.74. The molecule has 0 amide bonds. The van der Waals surface area contributed by atoms with Crippen LogP contribution in [-0.2, 0) is 4.43 Å². The molecule has 0 saturated heterocycles. The topological polar surface area (TPSA) is 9.23 Å². The second-order valence-electron chi connectivity index (χ2n) is 12.4. The lowest BCUT2D eigenvalue weighted by Gasteiger charge is -2.42. The summed E-state index contributed by atoms with van der Waals surface area (Å²) in [4.78, 5) is 0. The van der Waals surface area contributed by atoms with Gasteiger partial charge in [0.25, 0.3) is 8.32 Å². The Morgan fingerprint density at radius 2 is 1.00 bits per heavy atom. The van der Waals surface area contributed by atoms with E-state index in [0.29, 0.717) is 19.4 Å². The van der Waals surface area contributed by atoms with E-state index in [4.69, 9.17) is 4.43 Å². The molecule has 5 rings (SSSR count). The number of benzene rings is 5. The fraction of sp³-hybridized carbons (Fsp3) is 0.220. The highest BCUT2D eigenvalue weighted by Crippen LogP contribution is 2.56. The van der Waals surface area contributed by atoms with Crippen molar-refractivity contribution in [1.29, 1.82) is 0 Å². The SMILES string of the molecule is [2H]C([2H])(CC/C(C)=C/CO[Si](c1ccccc1)(c1ccccc1)C(C)(C)C)[P+](c1ccccc1)(c1ccccc1)c1ccccc1. The average molecular weight is 616 g/mol. The lowest BCUT2D eigenvalue weighted by atomic mass is 10.2. The second kappa shape index (κ2) is 14.5. The maximum atomic E-state index is 9.88. The first-order valence-electron chi connectivity index (χ1n) is 16.6. The van der Waals surface area contributed by atoms with Gasteiger partial charge in [-0.25, -0.2) is 0 Å². The molecular weight excluding hydrogens is 568 g/mol. The zero-order valence-corrected chi connectivity index (χ0v) is 28.4. The van der Waals surface area contributed by atoms with Crippen LogP contribution in [-0.4, -0.2) is 21.0 Å². The smallest absolute Gasteiger partial charge is 0.261 e. The van der Waals surface area contributed by atoms with Gasteiger partial charge in [-0.2, -0.15) is 0 Å². The van der Waals surface area contributed by atoms with Crippen LogP contribution < -0.4 is 26.3 Å². The van der Waals surface area contributed by atoms with Crippen molar-refractivity contribution in [3.05, 3.63) is 163 Å². The molecule has 0 aliphatic carbocycles. The van der Waals surface area contributed by atoms with Gasteiger partial charge >= 0.3 is 0 Å². The lowest BCUT2D eigenvalue weighted by Crippen LogP contribution is -2.66. The molecule has 0 aliphatic rings. The summed E-state index contributed by atoms with van der Waals surface area (Å²) in [5.74, 6) is 0. The molecule has 0 unspecified atom stereocenters. The molecule has 0 saturated carbocycles. The summed E-state index contributed by atoms with van der Waals surface area (Å²) in [6, 6.07) is 52.4. The van der Waals surface area contributed by atoms with Gasteiger partial charge in [0.2, 0.25) is 0 Å². The van der Waals surface area contributed by atoms with Crippen LogP contribution >= 0.6 is 7.26 Å². The Bertz CT molecular complexity index is 1550. The van der Waals surface area contributed by atoms with Crippen LogP contribution in [0.2, 0.25) is 5.04 Å². The highest BCUT2D eigenvalue weighted by Gasteiger charge is 2.50. The minimum atomic E-state index is -2.69. The van der Waals surface area contributed by atoms with Crippen LogP contribution in [0.3, 0.4) is 0 Å². The Labute approximate surface area is 269 Å². The Hall–Kier alpha value is -3.55. The molecule has 3 heteroatoms. The first-order chi connectivity index (χ1) is 22.1. The van der Waals surface area contributed by atoms with Crippen LogP contribution in [0.5, 0.6) is 0 Å². The quantitative estimate of drug-likeness (QED) is 0.0780. The first kappa shape index (κ1) is 29.2. The normalized spacial score (nSPS) is 13.7. The van der Waals surface area contributed by atoms with E-state index < -0.39 is 21.7 Å². The number of rotatable bonds is 12. The Morgan fingerprint density at radius 3 is 1.36 bits per heavy atom. The molecule has 44 heavy (non-hydrogen) atoms. The van der Waals surface area contributed by atoms with Crippen molar-refractivity contribution in [1.82, 2.24) is 0 Å². The van der Waals surface area contributed by atoms with Crippen molar-refractivity contribution in [2.75, 3.05) is 12.7 Å². The van der Waals surface area contributed by atoms with Crippen molar-refractivity contribution in [3.8, 4) is 0 Å². The van der Waals surface area contributed by atoms with Crippen molar-refractivity contribution in [2.45, 2.75) is 45.6 Å². The molecule has 0 fully saturated rings. The van der Waals surface area contributed by atoms with E-state index in [0.717, 1.165) is 21.5 Å². The molecule has 0 atom stereocenters. The monoisotopic (exact) mass is 615 g/mol. The minimum absolute atomic E-state index is 0.0971. The predicted molar refractivity (Wildman–Crippen MR) is 197 cm³/mol. The third-order valence-electron chi connectivity index (χ3n) is 8.45. The second-order valence-corrected chi connectivity index (χ2v) is 19.9. The van der Waals surface area contributed by atoms with Gasteiger partial charge in [0, 0.05) is 0 Å². The summed E-state index contributed by atoms with van der Waals surface area (Å²) in [5, 5.41) is 5.62. The van der Waals surface area contributed by atoms with Crippen LogP contribution in [0.1, 0.15) is 43.3 Å². The largest absolute Gasteiger partial charge is 0.404 e. The van der Waals surface area contributed by atoms with Crippen LogP contribution in [0.25, 0.3) is 0 Å². The van der Waals surface area contributed by atoms with Gasteiger partial charge in [-0.3, -0.25) is 0 Å². The number of allylic oxidation sites excluding steroid dienone is 1. The fourth-order valence-electron chi connectivity index (χ4n) is 6.27. The predicted octanol–water partition coefficient (Wildman–Crippen LogP) is 8.28. The van der Waals surface area contributed by atoms with E-state index in [-0.39, 0.29) is 5.04 Å². The number of hydrogen-bond donors (Lipinski definition) is 0. The molecule has 0 radical (unpaired) electrons. The van der Waals surface area contributed by atoms with Gasteiger partial charge in [-0.1, -0.05) is 148 Å². The van der Waals surface area contributed by atoms with E-state index in [1.54, 1.807) is 0 Å². The maximum Gasteiger partial charge on any atom is 0.261 e. The highest BCUT2D eigenvalue weighted by atomic mass is 31.2. The molecule has 5 aromatic carbocycles. The average Bonchev–Trinajstić information content (AvgIpc) is 3.08. The fourth-order valence-corrected chi connectivity index (χ4v) is 14.5. The number of hydrogen-bond acceptors (Lipinski definition) is 1. The molecule has 0 bridgehead atoms. The molecule has 0 spiro atoms. The van der Waals surface area contributed by atoms with Gasteiger partial charge in [0.1, 0.15) is 23.2 Å². The van der Waals surface area contributed by atoms with E-state index in [9.17, 15) is 2.74 Å². The summed E-state index contributed by atoms with van der Waals surface area (Å²) in [5.41, 5.74) is 1.15. The van der Waals surface area contributed by atoms with Crippen LogP contribution in [0.15, 0.2) is 163 Å². The van der Waals surface area contributed by atoms with E-state index in [2.05, 4.69) is 131 Å². The molecule has 0 aliphatic heterocycles. The van der Waals surface area contributed by atoms with Crippen LogP contribution in [0, 0.1) is 0 Å². The Balaban J connectivity index is 1.47. The van der Waals surface area contributed by atoms with Gasteiger partial charge in [0.05, 0.1) is 15.5 Å². The van der Waals surface area contributed by atoms with Crippen molar-refractivity contribution in [2.24, 2.45) is 0 Å². The first-order valence-corrected chi connectivity index (χ1v) is 19.3. The highest BCUT2D eigenvalue weighted by molar-refractivity contribution is 7.95. The van der Waals surface area contributed by atoms with E-state index in [1.165, 1.54) is 10.4 Å². The molecular formula is C41H46OPSi+. The third kappa shape index (κ3) is 6.74. The standard InChI is InChI=1S/C41H46OPSi/c1-35(32-33-42-44(41(2,3)4,39-28-16-8-17-29-39)40-30-18-9-19-31-40)21-20-34-43(36-22-10-5-11-23-36,37-24-12-6-13-25-37)38-26-14-7-15-27-38/h5-19,22-32H,20-21,33-34H2,1-4H3/q+1/b35-32+/i34D2.